The molecule has 1 heterocycles. The Morgan fingerprint density at radius 3 is 3.06 bits per heavy atom. The van der Waals surface area contributed by atoms with Gasteiger partial charge >= 0.3 is 5.97 Å². The van der Waals surface area contributed by atoms with Gasteiger partial charge < -0.3 is 9.72 Å². The number of carbonyl (C=O) groups excluding carboxylic acids is 1. The van der Waals surface area contributed by atoms with Gasteiger partial charge in [0.1, 0.15) is 11.3 Å². The second-order valence-corrected chi connectivity index (χ2v) is 3.50. The summed E-state index contributed by atoms with van der Waals surface area (Å²) >= 11 is 5.78. The molecule has 0 radical (unpaired) electrons. The van der Waals surface area contributed by atoms with E-state index in [1.807, 2.05) is 0 Å². The van der Waals surface area contributed by atoms with E-state index in [9.17, 15) is 9.18 Å². The van der Waals surface area contributed by atoms with Crippen molar-refractivity contribution in [1.29, 1.82) is 0 Å². The number of imidazole rings is 1. The number of nitrogens with one attached hydrogen (secondary N) is 1. The van der Waals surface area contributed by atoms with Gasteiger partial charge in [-0.15, -0.1) is 0 Å². The molecule has 4 nitrogen and oxygen atoms in total. The fraction of sp³-hybridized carbons (Fsp3) is 0.200. The number of esters is 1. The van der Waals surface area contributed by atoms with Crippen LogP contribution < -0.4 is 0 Å². The zero-order valence-corrected chi connectivity index (χ0v) is 9.14. The third kappa shape index (κ3) is 1.86. The fourth-order valence-electron chi connectivity index (χ4n) is 1.34. The molecule has 0 aliphatic rings. The van der Waals surface area contributed by atoms with Crippen LogP contribution in [-0.4, -0.2) is 22.5 Å². The Balaban J connectivity index is 2.51. The van der Waals surface area contributed by atoms with E-state index in [-0.39, 0.29) is 17.5 Å². The van der Waals surface area contributed by atoms with E-state index in [1.54, 1.807) is 6.92 Å². The van der Waals surface area contributed by atoms with Gasteiger partial charge in [0.25, 0.3) is 0 Å². The molecule has 0 saturated carbocycles. The Kier molecular flexibility index (Phi) is 2.78. The second-order valence-electron chi connectivity index (χ2n) is 3.09. The predicted molar refractivity (Wildman–Crippen MR) is 57.0 cm³/mol. The third-order valence-electron chi connectivity index (χ3n) is 1.97. The van der Waals surface area contributed by atoms with Crippen LogP contribution in [0.3, 0.4) is 0 Å². The molecule has 16 heavy (non-hydrogen) atoms. The van der Waals surface area contributed by atoms with Crippen LogP contribution >= 0.6 is 11.6 Å². The van der Waals surface area contributed by atoms with Crippen molar-refractivity contribution in [3.8, 4) is 0 Å². The molecule has 2 rings (SSSR count). The number of hydrogen-bond donors (Lipinski definition) is 1. The average Bonchev–Trinajstić information content (AvgIpc) is 2.62. The molecule has 0 aliphatic heterocycles. The molecule has 84 valence electrons. The standard InChI is InChI=1S/C10H8ClFN2O2/c1-2-16-10(15)9-13-7-4-5(12)3-6(11)8(7)14-9/h3-4H,2H2,1H3,(H,13,14). The SMILES string of the molecule is CCOC(=O)c1nc2c(Cl)cc(F)cc2[nH]1. The lowest BCUT2D eigenvalue weighted by Crippen LogP contribution is -2.06. The smallest absolute Gasteiger partial charge is 0.374 e. The molecule has 0 fully saturated rings. The number of ether oxygens (including phenoxy) is 1. The summed E-state index contributed by atoms with van der Waals surface area (Å²) in [6.45, 7) is 1.94. The maximum Gasteiger partial charge on any atom is 0.374 e. The highest BCUT2D eigenvalue weighted by Crippen LogP contribution is 2.23. The molecule has 0 atom stereocenters. The van der Waals surface area contributed by atoms with E-state index < -0.39 is 11.8 Å². The number of nitrogens with zero attached hydrogens (tertiary/aromatic N) is 1. The zero-order chi connectivity index (χ0) is 11.7. The molecule has 0 spiro atoms. The van der Waals surface area contributed by atoms with Gasteiger partial charge in [-0.2, -0.15) is 0 Å². The zero-order valence-electron chi connectivity index (χ0n) is 8.38. The summed E-state index contributed by atoms with van der Waals surface area (Å²) in [5.41, 5.74) is 0.721. The van der Waals surface area contributed by atoms with Crippen LogP contribution in [0.1, 0.15) is 17.5 Å². The van der Waals surface area contributed by atoms with Crippen molar-refractivity contribution in [2.45, 2.75) is 6.92 Å². The summed E-state index contributed by atoms with van der Waals surface area (Å²) in [7, 11) is 0. The molecular formula is C10H8ClFN2O2. The summed E-state index contributed by atoms with van der Waals surface area (Å²) in [6.07, 6.45) is 0. The highest BCUT2D eigenvalue weighted by molar-refractivity contribution is 6.35. The van der Waals surface area contributed by atoms with Crippen LogP contribution in [0.25, 0.3) is 11.0 Å². The molecule has 1 aromatic heterocycles. The Morgan fingerprint density at radius 2 is 2.38 bits per heavy atom. The fourth-order valence-corrected chi connectivity index (χ4v) is 1.59. The van der Waals surface area contributed by atoms with Gasteiger partial charge in [-0.25, -0.2) is 14.2 Å². The number of H-pyrrole nitrogens is 1. The van der Waals surface area contributed by atoms with Crippen molar-refractivity contribution < 1.29 is 13.9 Å². The number of hydrogen-bond acceptors (Lipinski definition) is 3. The van der Waals surface area contributed by atoms with Crippen molar-refractivity contribution in [2.24, 2.45) is 0 Å². The van der Waals surface area contributed by atoms with E-state index in [0.717, 1.165) is 6.07 Å². The largest absolute Gasteiger partial charge is 0.460 e. The van der Waals surface area contributed by atoms with Crippen molar-refractivity contribution >= 4 is 28.6 Å². The van der Waals surface area contributed by atoms with Crippen molar-refractivity contribution in [3.05, 3.63) is 28.8 Å². The summed E-state index contributed by atoms with van der Waals surface area (Å²) < 4.78 is 17.8. The van der Waals surface area contributed by atoms with Crippen molar-refractivity contribution in [3.63, 3.8) is 0 Å². The van der Waals surface area contributed by atoms with Crippen molar-refractivity contribution in [1.82, 2.24) is 9.97 Å². The molecule has 0 saturated heterocycles. The van der Waals surface area contributed by atoms with Crippen LogP contribution in [0.5, 0.6) is 0 Å². The number of aromatic amines is 1. The van der Waals surface area contributed by atoms with Gasteiger partial charge in [0.15, 0.2) is 0 Å². The number of rotatable bonds is 2. The predicted octanol–water partition coefficient (Wildman–Crippen LogP) is 2.53. The summed E-state index contributed by atoms with van der Waals surface area (Å²) in [4.78, 5) is 18.0. The van der Waals surface area contributed by atoms with Crippen LogP contribution in [-0.2, 0) is 4.74 Å². The summed E-state index contributed by atoms with van der Waals surface area (Å²) in [5.74, 6) is -1.06. The molecule has 0 bridgehead atoms. The first-order valence-electron chi connectivity index (χ1n) is 4.63. The monoisotopic (exact) mass is 242 g/mol. The Bertz CT molecular complexity index is 553. The van der Waals surface area contributed by atoms with E-state index >= 15 is 0 Å². The maximum absolute atomic E-state index is 13.0. The Morgan fingerprint density at radius 1 is 1.62 bits per heavy atom. The van der Waals surface area contributed by atoms with Gasteiger partial charge in [0.2, 0.25) is 5.82 Å². The Hall–Kier alpha value is -1.62. The number of benzene rings is 1. The minimum atomic E-state index is -0.588. The topological polar surface area (TPSA) is 55.0 Å². The van der Waals surface area contributed by atoms with Crippen LogP contribution in [0.15, 0.2) is 12.1 Å². The number of fused-ring (bicyclic) bond motifs is 1. The average molecular weight is 243 g/mol. The quantitative estimate of drug-likeness (QED) is 0.824. The second kappa shape index (κ2) is 4.09. The highest BCUT2D eigenvalue weighted by atomic mass is 35.5. The first kappa shape index (κ1) is 10.9. The molecule has 1 aromatic carbocycles. The third-order valence-corrected chi connectivity index (χ3v) is 2.26. The molecule has 0 amide bonds. The molecule has 2 aromatic rings. The first-order chi connectivity index (χ1) is 7.61. The summed E-state index contributed by atoms with van der Waals surface area (Å²) in [6, 6.07) is 2.36. The molecule has 0 aliphatic carbocycles. The highest BCUT2D eigenvalue weighted by Gasteiger charge is 2.14. The molecule has 0 unspecified atom stereocenters. The van der Waals surface area contributed by atoms with E-state index in [2.05, 4.69) is 9.97 Å². The number of aromatic nitrogens is 2. The lowest BCUT2D eigenvalue weighted by atomic mass is 10.3. The van der Waals surface area contributed by atoms with E-state index in [1.165, 1.54) is 6.07 Å². The van der Waals surface area contributed by atoms with E-state index in [4.69, 9.17) is 16.3 Å². The number of carbonyl (C=O) groups is 1. The maximum atomic E-state index is 13.0. The lowest BCUT2D eigenvalue weighted by molar-refractivity contribution is 0.0514. The normalized spacial score (nSPS) is 10.7. The molecule has 6 heteroatoms. The first-order valence-corrected chi connectivity index (χ1v) is 5.01. The molecule has 1 N–H and O–H groups in total. The van der Waals surface area contributed by atoms with E-state index in [0.29, 0.717) is 11.0 Å². The van der Waals surface area contributed by atoms with Gasteiger partial charge in [0, 0.05) is 0 Å². The number of halogens is 2. The minimum absolute atomic E-state index is 0.0179. The van der Waals surface area contributed by atoms with Crippen LogP contribution in [0.4, 0.5) is 4.39 Å². The van der Waals surface area contributed by atoms with Crippen LogP contribution in [0.2, 0.25) is 5.02 Å². The van der Waals surface area contributed by atoms with Gasteiger partial charge in [-0.1, -0.05) is 11.6 Å². The Labute approximate surface area is 95.4 Å². The van der Waals surface area contributed by atoms with Gasteiger partial charge in [-0.3, -0.25) is 0 Å². The summed E-state index contributed by atoms with van der Waals surface area (Å²) in [5, 5.41) is 0.154. The minimum Gasteiger partial charge on any atom is -0.460 e. The molecular weight excluding hydrogens is 235 g/mol. The van der Waals surface area contributed by atoms with Gasteiger partial charge in [-0.05, 0) is 19.1 Å². The van der Waals surface area contributed by atoms with Crippen molar-refractivity contribution in [2.75, 3.05) is 6.61 Å². The lowest BCUT2D eigenvalue weighted by Gasteiger charge is -1.95. The van der Waals surface area contributed by atoms with Crippen LogP contribution in [0, 0.1) is 5.82 Å². The van der Waals surface area contributed by atoms with Gasteiger partial charge in [0.05, 0.1) is 17.1 Å².